The lowest BCUT2D eigenvalue weighted by Gasteiger charge is -2.06. The van der Waals surface area contributed by atoms with Crippen molar-refractivity contribution in [3.8, 4) is 5.75 Å². The van der Waals surface area contributed by atoms with E-state index in [1.165, 1.54) is 12.1 Å². The van der Waals surface area contributed by atoms with Gasteiger partial charge in [0.1, 0.15) is 22.5 Å². The fourth-order valence-corrected chi connectivity index (χ4v) is 3.75. The van der Waals surface area contributed by atoms with Gasteiger partial charge in [0.05, 0.1) is 5.56 Å². The molecule has 0 N–H and O–H groups in total. The van der Waals surface area contributed by atoms with Crippen LogP contribution in [0, 0.1) is 6.92 Å². The van der Waals surface area contributed by atoms with Gasteiger partial charge in [-0.25, -0.2) is 0 Å². The van der Waals surface area contributed by atoms with Crippen LogP contribution < -0.4 is 4.74 Å². The van der Waals surface area contributed by atoms with E-state index in [0.29, 0.717) is 11.5 Å². The molecule has 1 atom stereocenters. The van der Waals surface area contributed by atoms with Gasteiger partial charge in [0, 0.05) is 0 Å². The van der Waals surface area contributed by atoms with Gasteiger partial charge in [0.25, 0.3) is 0 Å². The van der Waals surface area contributed by atoms with Crippen LogP contribution in [-0.4, -0.2) is 20.2 Å². The lowest BCUT2D eigenvalue weighted by Crippen LogP contribution is -2.18. The van der Waals surface area contributed by atoms with E-state index in [2.05, 4.69) is 5.16 Å². The molecule has 3 aromatic carbocycles. The number of fused-ring (bicyclic) bond motifs is 3. The Morgan fingerprint density at radius 1 is 1.00 bits per heavy atom. The monoisotopic (exact) mass is 367 g/mol. The molecule has 6 heteroatoms. The highest BCUT2D eigenvalue weighted by molar-refractivity contribution is 7.86. The third kappa shape index (κ3) is 2.82. The first-order valence-electron chi connectivity index (χ1n) is 8.23. The number of rotatable bonds is 3. The minimum Gasteiger partial charge on any atom is -0.484 e. The van der Waals surface area contributed by atoms with Crippen LogP contribution in [0.15, 0.2) is 70.7 Å². The molecule has 0 unspecified atom stereocenters. The molecule has 4 rings (SSSR count). The SMILES string of the molecule is Cc1ccc(S(=O)(=O)O/N=C2/c3c(ccc4ccccc34)O[C@@H]2C)cc1. The number of hydrogen-bond acceptors (Lipinski definition) is 5. The molecule has 0 aromatic heterocycles. The second-order valence-electron chi connectivity index (χ2n) is 6.24. The molecule has 0 fully saturated rings. The van der Waals surface area contributed by atoms with Crippen molar-refractivity contribution in [2.24, 2.45) is 5.16 Å². The van der Waals surface area contributed by atoms with Crippen LogP contribution in [0.25, 0.3) is 10.8 Å². The molecule has 0 bridgehead atoms. The van der Waals surface area contributed by atoms with E-state index >= 15 is 0 Å². The van der Waals surface area contributed by atoms with Crippen molar-refractivity contribution in [2.45, 2.75) is 24.8 Å². The second kappa shape index (κ2) is 6.14. The minimum atomic E-state index is -3.99. The van der Waals surface area contributed by atoms with Gasteiger partial charge in [-0.05, 0) is 42.8 Å². The van der Waals surface area contributed by atoms with Gasteiger partial charge in [-0.1, -0.05) is 53.2 Å². The van der Waals surface area contributed by atoms with E-state index in [9.17, 15) is 8.42 Å². The van der Waals surface area contributed by atoms with Crippen molar-refractivity contribution < 1.29 is 17.4 Å². The summed E-state index contributed by atoms with van der Waals surface area (Å²) in [5.74, 6) is 0.672. The average Bonchev–Trinajstić information content (AvgIpc) is 2.96. The molecule has 1 aliphatic heterocycles. The molecular weight excluding hydrogens is 350 g/mol. The summed E-state index contributed by atoms with van der Waals surface area (Å²) >= 11 is 0. The lowest BCUT2D eigenvalue weighted by atomic mass is 10.00. The van der Waals surface area contributed by atoms with Crippen LogP contribution in [0.3, 0.4) is 0 Å². The second-order valence-corrected chi connectivity index (χ2v) is 7.77. The molecule has 0 saturated heterocycles. The van der Waals surface area contributed by atoms with Crippen molar-refractivity contribution in [3.05, 3.63) is 71.8 Å². The normalized spacial score (nSPS) is 17.9. The van der Waals surface area contributed by atoms with Crippen LogP contribution in [-0.2, 0) is 14.4 Å². The molecule has 0 aliphatic carbocycles. The Bertz CT molecular complexity index is 1120. The van der Waals surface area contributed by atoms with Gasteiger partial charge in [-0.15, -0.1) is 0 Å². The molecule has 3 aromatic rings. The Labute approximate surface area is 152 Å². The summed E-state index contributed by atoms with van der Waals surface area (Å²) in [7, 11) is -3.99. The average molecular weight is 367 g/mol. The molecule has 0 spiro atoms. The lowest BCUT2D eigenvalue weighted by molar-refractivity contribution is 0.291. The fraction of sp³-hybridized carbons (Fsp3) is 0.150. The summed E-state index contributed by atoms with van der Waals surface area (Å²) in [6.45, 7) is 3.70. The maximum absolute atomic E-state index is 12.4. The number of oxime groups is 1. The highest BCUT2D eigenvalue weighted by Gasteiger charge is 2.30. The molecular formula is C20H17NO4S. The first-order chi connectivity index (χ1) is 12.5. The molecule has 132 valence electrons. The predicted octanol–water partition coefficient (Wildman–Crippen LogP) is 4.04. The Balaban J connectivity index is 1.75. The topological polar surface area (TPSA) is 65.0 Å². The number of hydrogen-bond donors (Lipinski definition) is 0. The Kier molecular flexibility index (Phi) is 3.92. The van der Waals surface area contributed by atoms with Crippen LogP contribution in [0.5, 0.6) is 5.75 Å². The van der Waals surface area contributed by atoms with Crippen LogP contribution in [0.4, 0.5) is 0 Å². The Hall–Kier alpha value is -2.86. The standard InChI is InChI=1S/C20H17NO4S/c1-13-7-10-16(11-8-13)26(22,23)25-21-20-14(2)24-18-12-9-15-5-3-4-6-17(15)19(18)20/h3-12,14H,1-2H3/b21-20+/t14-/m1/s1. The van der Waals surface area contributed by atoms with Gasteiger partial charge >= 0.3 is 10.1 Å². The molecule has 1 aliphatic rings. The van der Waals surface area contributed by atoms with Gasteiger partial charge in [-0.2, -0.15) is 8.42 Å². The quantitative estimate of drug-likeness (QED) is 0.656. The molecule has 5 nitrogen and oxygen atoms in total. The van der Waals surface area contributed by atoms with E-state index in [1.807, 2.05) is 50.2 Å². The van der Waals surface area contributed by atoms with Gasteiger partial charge in [0.15, 0.2) is 0 Å². The zero-order valence-corrected chi connectivity index (χ0v) is 15.2. The van der Waals surface area contributed by atoms with Gasteiger partial charge < -0.3 is 4.74 Å². The van der Waals surface area contributed by atoms with Crippen molar-refractivity contribution in [1.82, 2.24) is 0 Å². The summed E-state index contributed by atoms with van der Waals surface area (Å²) in [4.78, 5) is 0.0668. The Morgan fingerprint density at radius 2 is 1.73 bits per heavy atom. The first kappa shape index (κ1) is 16.6. The number of nitrogens with zero attached hydrogens (tertiary/aromatic N) is 1. The van der Waals surface area contributed by atoms with Crippen LogP contribution >= 0.6 is 0 Å². The fourth-order valence-electron chi connectivity index (χ4n) is 3.02. The van der Waals surface area contributed by atoms with E-state index in [1.54, 1.807) is 12.1 Å². The molecule has 0 amide bonds. The first-order valence-corrected chi connectivity index (χ1v) is 9.63. The highest BCUT2D eigenvalue weighted by Crippen LogP contribution is 2.35. The summed E-state index contributed by atoms with van der Waals surface area (Å²) in [5.41, 5.74) is 2.20. The predicted molar refractivity (Wildman–Crippen MR) is 100 cm³/mol. The van der Waals surface area contributed by atoms with Crippen molar-refractivity contribution in [3.63, 3.8) is 0 Å². The molecule has 0 radical (unpaired) electrons. The zero-order chi connectivity index (χ0) is 18.3. The summed E-state index contributed by atoms with van der Waals surface area (Å²) in [6.07, 6.45) is -0.399. The summed E-state index contributed by atoms with van der Waals surface area (Å²) < 4.78 is 35.6. The van der Waals surface area contributed by atoms with Gasteiger partial charge in [0.2, 0.25) is 0 Å². The minimum absolute atomic E-state index is 0.0668. The maximum atomic E-state index is 12.4. The van der Waals surface area contributed by atoms with E-state index in [4.69, 9.17) is 9.02 Å². The van der Waals surface area contributed by atoms with Crippen molar-refractivity contribution in [1.29, 1.82) is 0 Å². The third-order valence-electron chi connectivity index (χ3n) is 4.38. The zero-order valence-electron chi connectivity index (χ0n) is 14.3. The Morgan fingerprint density at radius 3 is 2.50 bits per heavy atom. The number of ether oxygens (including phenoxy) is 1. The smallest absolute Gasteiger partial charge is 0.358 e. The third-order valence-corrected chi connectivity index (χ3v) is 5.50. The van der Waals surface area contributed by atoms with E-state index < -0.39 is 16.2 Å². The van der Waals surface area contributed by atoms with E-state index in [0.717, 1.165) is 21.9 Å². The maximum Gasteiger partial charge on any atom is 0.358 e. The summed E-state index contributed by atoms with van der Waals surface area (Å²) in [6, 6.07) is 18.1. The van der Waals surface area contributed by atoms with Crippen LogP contribution in [0.1, 0.15) is 18.1 Å². The largest absolute Gasteiger partial charge is 0.484 e. The molecule has 26 heavy (non-hydrogen) atoms. The summed E-state index contributed by atoms with van der Waals surface area (Å²) in [5, 5.41) is 5.94. The highest BCUT2D eigenvalue weighted by atomic mass is 32.2. The van der Waals surface area contributed by atoms with Crippen molar-refractivity contribution in [2.75, 3.05) is 0 Å². The van der Waals surface area contributed by atoms with Crippen LogP contribution in [0.2, 0.25) is 0 Å². The van der Waals surface area contributed by atoms with Crippen molar-refractivity contribution >= 4 is 26.6 Å². The van der Waals surface area contributed by atoms with Gasteiger partial charge in [-0.3, -0.25) is 4.28 Å². The number of benzene rings is 3. The molecule has 0 saturated carbocycles. The van der Waals surface area contributed by atoms with E-state index in [-0.39, 0.29) is 4.90 Å². The number of aryl methyl sites for hydroxylation is 1. The molecule has 1 heterocycles.